The molecule has 1 aromatic heterocycles. The number of halogens is 1. The van der Waals surface area contributed by atoms with Gasteiger partial charge >= 0.3 is 13.5 Å². The van der Waals surface area contributed by atoms with E-state index in [4.69, 9.17) is 13.8 Å². The smallest absolute Gasteiger partial charge is 0.352 e. The first-order valence-corrected chi connectivity index (χ1v) is 9.66. The molecule has 1 aliphatic rings. The van der Waals surface area contributed by atoms with Crippen molar-refractivity contribution in [1.29, 1.82) is 0 Å². The Hall–Kier alpha value is -2.10. The van der Waals surface area contributed by atoms with Crippen molar-refractivity contribution in [2.45, 2.75) is 31.8 Å². The number of phosphoric ester groups is 1. The fraction of sp³-hybridized carbons (Fsp3) is 0.375. The minimum Gasteiger partial charge on any atom is -0.352 e. The quantitative estimate of drug-likeness (QED) is 0.679. The van der Waals surface area contributed by atoms with Gasteiger partial charge < -0.3 is 9.63 Å². The molecule has 2 heterocycles. The highest BCUT2D eigenvalue weighted by Gasteiger charge is 2.31. The van der Waals surface area contributed by atoms with Crippen LogP contribution in [0.5, 0.6) is 0 Å². The number of hydrogen-bond acceptors (Lipinski definition) is 6. The van der Waals surface area contributed by atoms with Crippen molar-refractivity contribution in [1.82, 2.24) is 9.55 Å². The second kappa shape index (κ2) is 8.28. The Kier molecular flexibility index (Phi) is 6.03. The molecule has 0 aliphatic carbocycles. The summed E-state index contributed by atoms with van der Waals surface area (Å²) < 4.78 is 41.6. The number of rotatable bonds is 7. The molecular formula is C16H18FN2O7P. The molecule has 0 bridgehead atoms. The third-order valence-corrected chi connectivity index (χ3v) is 4.91. The van der Waals surface area contributed by atoms with Gasteiger partial charge in [-0.25, -0.2) is 9.36 Å². The molecule has 0 spiro atoms. The summed E-state index contributed by atoms with van der Waals surface area (Å²) in [5, 5.41) is 0. The Balaban J connectivity index is 1.52. The van der Waals surface area contributed by atoms with Crippen LogP contribution in [0.2, 0.25) is 0 Å². The third-order valence-electron chi connectivity index (χ3n) is 3.98. The van der Waals surface area contributed by atoms with Crippen LogP contribution in [0.3, 0.4) is 0 Å². The number of aromatic amines is 1. The van der Waals surface area contributed by atoms with Gasteiger partial charge in [-0.05, 0) is 18.4 Å². The van der Waals surface area contributed by atoms with Crippen molar-refractivity contribution >= 4 is 7.82 Å². The number of phosphoric acid groups is 1. The third kappa shape index (κ3) is 5.21. The summed E-state index contributed by atoms with van der Waals surface area (Å²) in [7, 11) is -4.28. The van der Waals surface area contributed by atoms with Crippen molar-refractivity contribution in [3.8, 4) is 0 Å². The number of hydrogen-bond donors (Lipinski definition) is 2. The van der Waals surface area contributed by atoms with Crippen LogP contribution >= 0.6 is 7.82 Å². The van der Waals surface area contributed by atoms with Crippen LogP contribution in [-0.4, -0.2) is 27.2 Å². The van der Waals surface area contributed by atoms with Crippen LogP contribution in [0.15, 0.2) is 46.1 Å². The Bertz CT molecular complexity index is 946. The minimum absolute atomic E-state index is 0.0885. The summed E-state index contributed by atoms with van der Waals surface area (Å²) in [6.45, 7) is -0.325. The van der Waals surface area contributed by atoms with Gasteiger partial charge in [-0.3, -0.25) is 23.4 Å². The SMILES string of the molecule is O=c1[nH]c(=O)n([C@H]2CC[C@@H](COP(=O)(O)OCc3ccccc3)O2)cc1F. The Labute approximate surface area is 152 Å². The number of nitrogens with zero attached hydrogens (tertiary/aromatic N) is 1. The summed E-state index contributed by atoms with van der Waals surface area (Å²) in [6.07, 6.45) is 0.143. The summed E-state index contributed by atoms with van der Waals surface area (Å²) in [5.74, 6) is -1.10. The Morgan fingerprint density at radius 3 is 2.74 bits per heavy atom. The van der Waals surface area contributed by atoms with Gasteiger partial charge in [0.25, 0.3) is 5.56 Å². The highest BCUT2D eigenvalue weighted by molar-refractivity contribution is 7.47. The molecule has 1 aromatic carbocycles. The number of nitrogens with one attached hydrogen (secondary N) is 1. The van der Waals surface area contributed by atoms with Crippen molar-refractivity contribution in [3.63, 3.8) is 0 Å². The molecule has 27 heavy (non-hydrogen) atoms. The fourth-order valence-electron chi connectivity index (χ4n) is 2.63. The first-order chi connectivity index (χ1) is 12.8. The van der Waals surface area contributed by atoms with Crippen molar-refractivity contribution in [2.75, 3.05) is 6.61 Å². The van der Waals surface area contributed by atoms with E-state index in [-0.39, 0.29) is 13.2 Å². The standard InChI is InChI=1S/C16H18FN2O7P/c17-13-8-19(16(21)18-15(13)20)14-7-6-12(26-14)10-25-27(22,23)24-9-11-4-2-1-3-5-11/h1-5,8,12,14H,6-7,9-10H2,(H,22,23)(H,18,20,21)/t12-,14+/m0/s1. The lowest BCUT2D eigenvalue weighted by Crippen LogP contribution is -2.34. The van der Waals surface area contributed by atoms with E-state index in [9.17, 15) is 23.4 Å². The first kappa shape index (κ1) is 19.7. The molecule has 1 aliphatic heterocycles. The van der Waals surface area contributed by atoms with E-state index in [1.807, 2.05) is 11.1 Å². The molecule has 0 amide bonds. The van der Waals surface area contributed by atoms with Gasteiger partial charge in [0, 0.05) is 0 Å². The zero-order chi connectivity index (χ0) is 19.4. The van der Waals surface area contributed by atoms with Gasteiger partial charge in [-0.15, -0.1) is 0 Å². The van der Waals surface area contributed by atoms with Gasteiger partial charge in [0.05, 0.1) is 25.5 Å². The normalized spacial score (nSPS) is 21.9. The van der Waals surface area contributed by atoms with Gasteiger partial charge in [0.15, 0.2) is 0 Å². The summed E-state index contributed by atoms with van der Waals surface area (Å²) in [4.78, 5) is 34.4. The fourth-order valence-corrected chi connectivity index (χ4v) is 3.37. The van der Waals surface area contributed by atoms with Crippen LogP contribution in [0.25, 0.3) is 0 Å². The largest absolute Gasteiger partial charge is 0.472 e. The monoisotopic (exact) mass is 400 g/mol. The maximum Gasteiger partial charge on any atom is 0.472 e. The number of ether oxygens (including phenoxy) is 1. The van der Waals surface area contributed by atoms with E-state index in [2.05, 4.69) is 0 Å². The van der Waals surface area contributed by atoms with E-state index in [1.165, 1.54) is 0 Å². The predicted molar refractivity (Wildman–Crippen MR) is 91.4 cm³/mol. The molecule has 1 saturated heterocycles. The van der Waals surface area contributed by atoms with E-state index in [1.54, 1.807) is 24.3 Å². The van der Waals surface area contributed by atoms with Crippen LogP contribution in [0.1, 0.15) is 24.6 Å². The Morgan fingerprint density at radius 1 is 1.26 bits per heavy atom. The second-order valence-corrected chi connectivity index (χ2v) is 7.41. The Morgan fingerprint density at radius 2 is 2.00 bits per heavy atom. The van der Waals surface area contributed by atoms with Gasteiger partial charge in [-0.1, -0.05) is 30.3 Å². The van der Waals surface area contributed by atoms with Crippen LogP contribution in [-0.2, 0) is 25.0 Å². The number of benzene rings is 1. The molecule has 0 radical (unpaired) electrons. The lowest BCUT2D eigenvalue weighted by Gasteiger charge is -2.17. The molecule has 2 aromatic rings. The molecule has 0 saturated carbocycles. The van der Waals surface area contributed by atoms with E-state index >= 15 is 0 Å². The van der Waals surface area contributed by atoms with E-state index < -0.39 is 37.2 Å². The highest BCUT2D eigenvalue weighted by atomic mass is 31.2. The number of H-pyrrole nitrogens is 1. The molecule has 146 valence electrons. The van der Waals surface area contributed by atoms with Gasteiger partial charge in [-0.2, -0.15) is 4.39 Å². The molecule has 3 rings (SSSR count). The molecule has 11 heteroatoms. The topological polar surface area (TPSA) is 120 Å². The molecule has 1 unspecified atom stereocenters. The highest BCUT2D eigenvalue weighted by Crippen LogP contribution is 2.45. The maximum atomic E-state index is 13.4. The van der Waals surface area contributed by atoms with Gasteiger partial charge in [0.2, 0.25) is 5.82 Å². The van der Waals surface area contributed by atoms with Crippen LogP contribution < -0.4 is 11.2 Å². The molecule has 2 N–H and O–H groups in total. The van der Waals surface area contributed by atoms with Crippen LogP contribution in [0.4, 0.5) is 4.39 Å². The summed E-state index contributed by atoms with van der Waals surface area (Å²) in [6, 6.07) is 8.84. The lowest BCUT2D eigenvalue weighted by atomic mass is 10.2. The van der Waals surface area contributed by atoms with Crippen molar-refractivity contribution in [3.05, 3.63) is 68.7 Å². The van der Waals surface area contributed by atoms with Crippen molar-refractivity contribution < 1.29 is 27.6 Å². The summed E-state index contributed by atoms with van der Waals surface area (Å²) >= 11 is 0. The van der Waals surface area contributed by atoms with Gasteiger partial charge in [0.1, 0.15) is 6.23 Å². The second-order valence-electron chi connectivity index (χ2n) is 5.96. The minimum atomic E-state index is -4.28. The number of aromatic nitrogens is 2. The maximum absolute atomic E-state index is 13.4. The van der Waals surface area contributed by atoms with Crippen molar-refractivity contribution in [2.24, 2.45) is 0 Å². The molecule has 3 atom stereocenters. The average molecular weight is 400 g/mol. The molecular weight excluding hydrogens is 382 g/mol. The van der Waals surface area contributed by atoms with E-state index in [0.29, 0.717) is 18.4 Å². The first-order valence-electron chi connectivity index (χ1n) is 8.16. The van der Waals surface area contributed by atoms with Crippen LogP contribution in [0, 0.1) is 5.82 Å². The van der Waals surface area contributed by atoms with E-state index in [0.717, 1.165) is 10.8 Å². The molecule has 9 nitrogen and oxygen atoms in total. The molecule has 1 fully saturated rings. The summed E-state index contributed by atoms with van der Waals surface area (Å²) in [5.41, 5.74) is -1.19. The zero-order valence-corrected chi connectivity index (χ0v) is 15.0. The zero-order valence-electron chi connectivity index (χ0n) is 14.1. The predicted octanol–water partition coefficient (Wildman–Crippen LogP) is 1.69. The average Bonchev–Trinajstić information content (AvgIpc) is 3.11. The lowest BCUT2D eigenvalue weighted by molar-refractivity contribution is -0.0267.